The lowest BCUT2D eigenvalue weighted by Gasteiger charge is -2.23. The molecule has 2 saturated carbocycles. The van der Waals surface area contributed by atoms with Crippen LogP contribution in [0.2, 0.25) is 0 Å². The third kappa shape index (κ3) is 2.99. The summed E-state index contributed by atoms with van der Waals surface area (Å²) >= 11 is 0. The first kappa shape index (κ1) is 13.9. The van der Waals surface area contributed by atoms with E-state index >= 15 is 0 Å². The fourth-order valence-corrected chi connectivity index (χ4v) is 3.44. The minimum atomic E-state index is -3.91. The molecular weight excluding hydrogens is 298 g/mol. The van der Waals surface area contributed by atoms with Gasteiger partial charge in [0.2, 0.25) is 0 Å². The Labute approximate surface area is 123 Å². The lowest BCUT2D eigenvalue weighted by molar-refractivity contribution is 0.0731. The molecule has 0 unspecified atom stereocenters. The molecule has 6 heteroatoms. The van der Waals surface area contributed by atoms with Crippen LogP contribution in [0.5, 0.6) is 0 Å². The Morgan fingerprint density at radius 2 is 1.85 bits per heavy atom. The summed E-state index contributed by atoms with van der Waals surface area (Å²) in [6.45, 7) is 0.736. The van der Waals surface area contributed by atoms with Crippen LogP contribution in [0.1, 0.15) is 36.0 Å². The predicted molar refractivity (Wildman–Crippen MR) is 76.3 cm³/mol. The molecule has 0 spiro atoms. The summed E-state index contributed by atoms with van der Waals surface area (Å²) in [5.41, 5.74) is 0.190. The van der Waals surface area contributed by atoms with Gasteiger partial charge in [-0.1, -0.05) is 12.1 Å². The number of carbonyl (C=O) groups excluding carboxylic acids is 1. The molecule has 0 aliphatic heterocycles. The second-order valence-corrected chi connectivity index (χ2v) is 8.10. The molecule has 0 heterocycles. The third-order valence-electron chi connectivity index (χ3n) is 3.78. The normalized spacial score (nSPS) is 18.9. The first-order valence-corrected chi connectivity index (χ1v) is 9.12. The molecule has 4 nitrogen and oxygen atoms in total. The minimum absolute atomic E-state index is 0.0897. The van der Waals surface area contributed by atoms with Gasteiger partial charge in [0.05, 0.1) is 10.5 Å². The van der Waals surface area contributed by atoms with Gasteiger partial charge in [0.25, 0.3) is 15.0 Å². The topological polar surface area (TPSA) is 54.5 Å². The van der Waals surface area contributed by atoms with E-state index < -0.39 is 9.05 Å². The number of halogens is 1. The zero-order valence-electron chi connectivity index (χ0n) is 11.0. The minimum Gasteiger partial charge on any atom is -0.335 e. The van der Waals surface area contributed by atoms with Gasteiger partial charge in [0.15, 0.2) is 0 Å². The molecule has 2 aliphatic carbocycles. The highest BCUT2D eigenvalue weighted by Crippen LogP contribution is 2.36. The van der Waals surface area contributed by atoms with Crippen molar-refractivity contribution in [1.29, 1.82) is 0 Å². The van der Waals surface area contributed by atoms with E-state index in [0.29, 0.717) is 5.92 Å². The van der Waals surface area contributed by atoms with E-state index in [1.807, 2.05) is 4.90 Å². The summed E-state index contributed by atoms with van der Waals surface area (Å²) in [5, 5.41) is 0. The number of carbonyl (C=O) groups is 1. The van der Waals surface area contributed by atoms with E-state index in [1.165, 1.54) is 6.07 Å². The Morgan fingerprint density at radius 1 is 1.20 bits per heavy atom. The first-order chi connectivity index (χ1) is 9.47. The standard InChI is InChI=1S/C14H16ClNO3S/c15-20(18,19)13-4-2-1-3-12(13)14(17)16(11-7-8-11)9-10-5-6-10/h1-4,10-11H,5-9H2. The van der Waals surface area contributed by atoms with Gasteiger partial charge in [-0.05, 0) is 43.7 Å². The first-order valence-electron chi connectivity index (χ1n) is 6.81. The van der Waals surface area contributed by atoms with Crippen molar-refractivity contribution in [3.05, 3.63) is 29.8 Å². The van der Waals surface area contributed by atoms with Crippen LogP contribution in [0.3, 0.4) is 0 Å². The van der Waals surface area contributed by atoms with Gasteiger partial charge in [0, 0.05) is 23.3 Å². The largest absolute Gasteiger partial charge is 0.335 e. The Balaban J connectivity index is 1.92. The van der Waals surface area contributed by atoms with Gasteiger partial charge in [-0.25, -0.2) is 8.42 Å². The molecule has 3 rings (SSSR count). The van der Waals surface area contributed by atoms with E-state index in [1.54, 1.807) is 18.2 Å². The lowest BCUT2D eigenvalue weighted by Crippen LogP contribution is -2.35. The highest BCUT2D eigenvalue weighted by atomic mass is 35.7. The number of rotatable bonds is 5. The smallest absolute Gasteiger partial charge is 0.262 e. The zero-order chi connectivity index (χ0) is 14.3. The molecule has 1 aromatic rings. The number of hydrogen-bond acceptors (Lipinski definition) is 3. The zero-order valence-corrected chi connectivity index (χ0v) is 12.5. The maximum absolute atomic E-state index is 12.7. The summed E-state index contributed by atoms with van der Waals surface area (Å²) < 4.78 is 23.2. The Morgan fingerprint density at radius 3 is 2.40 bits per heavy atom. The van der Waals surface area contributed by atoms with Crippen LogP contribution in [0.4, 0.5) is 0 Å². The quantitative estimate of drug-likeness (QED) is 0.785. The summed E-state index contributed by atoms with van der Waals surface area (Å²) in [6, 6.07) is 6.45. The van der Waals surface area contributed by atoms with Gasteiger partial charge in [-0.3, -0.25) is 4.79 Å². The summed E-state index contributed by atoms with van der Waals surface area (Å²) in [6.07, 6.45) is 4.33. The van der Waals surface area contributed by atoms with E-state index in [4.69, 9.17) is 10.7 Å². The van der Waals surface area contributed by atoms with Crippen molar-refractivity contribution in [2.45, 2.75) is 36.6 Å². The van der Waals surface area contributed by atoms with Crippen LogP contribution in [-0.4, -0.2) is 31.8 Å². The summed E-state index contributed by atoms with van der Waals surface area (Å²) in [4.78, 5) is 14.4. The fraction of sp³-hybridized carbons (Fsp3) is 0.500. The number of hydrogen-bond donors (Lipinski definition) is 0. The fourth-order valence-electron chi connectivity index (χ4n) is 2.37. The van der Waals surface area contributed by atoms with E-state index in [0.717, 1.165) is 32.2 Å². The maximum atomic E-state index is 12.7. The number of nitrogens with zero attached hydrogens (tertiary/aromatic N) is 1. The second-order valence-electron chi connectivity index (χ2n) is 5.57. The van der Waals surface area contributed by atoms with Crippen LogP contribution in [0.25, 0.3) is 0 Å². The van der Waals surface area contributed by atoms with Crippen LogP contribution in [0, 0.1) is 5.92 Å². The van der Waals surface area contributed by atoms with Crippen LogP contribution >= 0.6 is 10.7 Å². The highest BCUT2D eigenvalue weighted by molar-refractivity contribution is 8.13. The Hall–Kier alpha value is -1.07. The van der Waals surface area contributed by atoms with Gasteiger partial charge < -0.3 is 4.90 Å². The lowest BCUT2D eigenvalue weighted by atomic mass is 10.2. The van der Waals surface area contributed by atoms with Gasteiger partial charge in [-0.2, -0.15) is 0 Å². The molecule has 2 aliphatic rings. The van der Waals surface area contributed by atoms with Crippen molar-refractivity contribution >= 4 is 25.6 Å². The molecule has 20 heavy (non-hydrogen) atoms. The highest BCUT2D eigenvalue weighted by Gasteiger charge is 2.38. The van der Waals surface area contributed by atoms with Crippen molar-refractivity contribution in [3.8, 4) is 0 Å². The maximum Gasteiger partial charge on any atom is 0.262 e. The van der Waals surface area contributed by atoms with Crippen LogP contribution in [-0.2, 0) is 9.05 Å². The van der Waals surface area contributed by atoms with E-state index in [9.17, 15) is 13.2 Å². The van der Waals surface area contributed by atoms with Crippen molar-refractivity contribution in [2.75, 3.05) is 6.54 Å². The predicted octanol–water partition coefficient (Wildman–Crippen LogP) is 2.63. The van der Waals surface area contributed by atoms with E-state index in [-0.39, 0.29) is 22.4 Å². The van der Waals surface area contributed by atoms with Gasteiger partial charge in [0.1, 0.15) is 0 Å². The molecule has 0 aromatic heterocycles. The third-order valence-corrected chi connectivity index (χ3v) is 5.16. The summed E-state index contributed by atoms with van der Waals surface area (Å²) in [7, 11) is 1.52. The van der Waals surface area contributed by atoms with E-state index in [2.05, 4.69) is 0 Å². The Bertz CT molecular complexity index is 636. The average Bonchev–Trinajstić information content (AvgIpc) is 3.26. The molecule has 2 fully saturated rings. The van der Waals surface area contributed by atoms with Crippen LogP contribution < -0.4 is 0 Å². The molecule has 0 atom stereocenters. The molecule has 0 radical (unpaired) electrons. The average molecular weight is 314 g/mol. The number of amides is 1. The monoisotopic (exact) mass is 313 g/mol. The molecule has 0 saturated heterocycles. The van der Waals surface area contributed by atoms with Crippen molar-refractivity contribution < 1.29 is 13.2 Å². The van der Waals surface area contributed by atoms with Gasteiger partial charge >= 0.3 is 0 Å². The SMILES string of the molecule is O=C(c1ccccc1S(=O)(=O)Cl)N(CC1CC1)C1CC1. The second kappa shape index (κ2) is 5.04. The van der Waals surface area contributed by atoms with Crippen molar-refractivity contribution in [1.82, 2.24) is 4.90 Å². The molecule has 1 amide bonds. The number of benzene rings is 1. The molecule has 0 bridgehead atoms. The Kier molecular flexibility index (Phi) is 3.50. The molecule has 1 aromatic carbocycles. The van der Waals surface area contributed by atoms with Crippen molar-refractivity contribution in [2.24, 2.45) is 5.92 Å². The molecular formula is C14H16ClNO3S. The summed E-state index contributed by atoms with van der Waals surface area (Å²) in [5.74, 6) is 0.374. The van der Waals surface area contributed by atoms with Crippen molar-refractivity contribution in [3.63, 3.8) is 0 Å². The molecule has 108 valence electrons. The van der Waals surface area contributed by atoms with Crippen LogP contribution in [0.15, 0.2) is 29.2 Å². The molecule has 0 N–H and O–H groups in total. The van der Waals surface area contributed by atoms with Gasteiger partial charge in [-0.15, -0.1) is 0 Å².